The van der Waals surface area contributed by atoms with Gasteiger partial charge < -0.3 is 5.32 Å². The summed E-state index contributed by atoms with van der Waals surface area (Å²) in [4.78, 5) is 0. The third kappa shape index (κ3) is 2.83. The fourth-order valence-electron chi connectivity index (χ4n) is 1.71. The number of nitrogens with one attached hydrogen (secondary N) is 1. The highest BCUT2D eigenvalue weighted by molar-refractivity contribution is 7.99. The zero-order valence-corrected chi connectivity index (χ0v) is 11.6. The SMILES string of the molecule is CCC1CSCC(c2cc(Cl)sc2Cl)N1. The first kappa shape index (κ1) is 12.1. The molecule has 2 rings (SSSR count). The molecule has 1 N–H and O–H groups in total. The van der Waals surface area contributed by atoms with Gasteiger partial charge in [-0.3, -0.25) is 0 Å². The lowest BCUT2D eigenvalue weighted by molar-refractivity contribution is 0.467. The first-order valence-corrected chi connectivity index (χ1v) is 7.72. The minimum Gasteiger partial charge on any atom is -0.306 e. The van der Waals surface area contributed by atoms with Gasteiger partial charge in [0.2, 0.25) is 0 Å². The minimum atomic E-state index is 0.366. The van der Waals surface area contributed by atoms with E-state index in [1.165, 1.54) is 23.5 Å². The van der Waals surface area contributed by atoms with Gasteiger partial charge in [-0.15, -0.1) is 11.3 Å². The maximum atomic E-state index is 6.15. The summed E-state index contributed by atoms with van der Waals surface area (Å²) in [7, 11) is 0. The fraction of sp³-hybridized carbons (Fsp3) is 0.600. The van der Waals surface area contributed by atoms with Gasteiger partial charge in [-0.1, -0.05) is 30.1 Å². The molecule has 2 atom stereocenters. The van der Waals surface area contributed by atoms with E-state index in [0.717, 1.165) is 20.0 Å². The Morgan fingerprint density at radius 1 is 1.47 bits per heavy atom. The van der Waals surface area contributed by atoms with Crippen molar-refractivity contribution in [2.24, 2.45) is 0 Å². The molecule has 0 bridgehead atoms. The van der Waals surface area contributed by atoms with Crippen LogP contribution in [-0.4, -0.2) is 17.5 Å². The Morgan fingerprint density at radius 3 is 2.87 bits per heavy atom. The fourth-order valence-corrected chi connectivity index (χ4v) is 4.56. The number of thiophene rings is 1. The second-order valence-electron chi connectivity index (χ2n) is 3.64. The predicted molar refractivity (Wildman–Crippen MR) is 71.6 cm³/mol. The summed E-state index contributed by atoms with van der Waals surface area (Å²) in [6, 6.07) is 2.96. The molecule has 1 aliphatic rings. The van der Waals surface area contributed by atoms with Crippen LogP contribution < -0.4 is 5.32 Å². The second kappa shape index (κ2) is 5.28. The minimum absolute atomic E-state index is 0.366. The lowest BCUT2D eigenvalue weighted by atomic mass is 10.1. The molecule has 1 nitrogen and oxygen atoms in total. The Bertz CT molecular complexity index is 340. The zero-order valence-electron chi connectivity index (χ0n) is 8.43. The number of hydrogen-bond acceptors (Lipinski definition) is 3. The van der Waals surface area contributed by atoms with E-state index in [2.05, 4.69) is 12.2 Å². The van der Waals surface area contributed by atoms with E-state index in [1.54, 1.807) is 0 Å². The van der Waals surface area contributed by atoms with Crippen molar-refractivity contribution in [3.05, 3.63) is 20.3 Å². The highest BCUT2D eigenvalue weighted by Crippen LogP contribution is 2.37. The average molecular weight is 282 g/mol. The Balaban J connectivity index is 2.13. The van der Waals surface area contributed by atoms with E-state index in [1.807, 2.05) is 17.8 Å². The van der Waals surface area contributed by atoms with Gasteiger partial charge in [-0.05, 0) is 12.5 Å². The number of hydrogen-bond donors (Lipinski definition) is 1. The van der Waals surface area contributed by atoms with Crippen LogP contribution in [0.2, 0.25) is 8.67 Å². The topological polar surface area (TPSA) is 12.0 Å². The zero-order chi connectivity index (χ0) is 10.8. The van der Waals surface area contributed by atoms with Crippen LogP contribution in [-0.2, 0) is 0 Å². The third-order valence-electron chi connectivity index (χ3n) is 2.59. The van der Waals surface area contributed by atoms with Gasteiger partial charge >= 0.3 is 0 Å². The van der Waals surface area contributed by atoms with Crippen molar-refractivity contribution in [3.8, 4) is 0 Å². The molecule has 0 radical (unpaired) electrons. The summed E-state index contributed by atoms with van der Waals surface area (Å²) in [5.74, 6) is 2.28. The number of thioether (sulfide) groups is 1. The molecule has 1 aromatic heterocycles. The van der Waals surface area contributed by atoms with Crippen molar-refractivity contribution >= 4 is 46.3 Å². The standard InChI is InChI=1S/C10H13Cl2NS2/c1-2-6-4-14-5-8(13-6)7-3-9(11)15-10(7)12/h3,6,8,13H,2,4-5H2,1H3. The molecule has 0 saturated carbocycles. The van der Waals surface area contributed by atoms with Crippen LogP contribution in [0.25, 0.3) is 0 Å². The van der Waals surface area contributed by atoms with Gasteiger partial charge in [-0.25, -0.2) is 0 Å². The smallest absolute Gasteiger partial charge is 0.0992 e. The van der Waals surface area contributed by atoms with E-state index in [9.17, 15) is 0 Å². The molecule has 15 heavy (non-hydrogen) atoms. The van der Waals surface area contributed by atoms with Crippen molar-refractivity contribution < 1.29 is 0 Å². The first-order chi connectivity index (χ1) is 7.20. The molecule has 0 spiro atoms. The first-order valence-electron chi connectivity index (χ1n) is 4.99. The Hall–Kier alpha value is 0.590. The molecule has 1 aromatic rings. The van der Waals surface area contributed by atoms with Crippen LogP contribution >= 0.6 is 46.3 Å². The second-order valence-corrected chi connectivity index (χ2v) is 7.00. The molecule has 1 aliphatic heterocycles. The summed E-state index contributed by atoms with van der Waals surface area (Å²) in [6.07, 6.45) is 1.17. The Morgan fingerprint density at radius 2 is 2.27 bits per heavy atom. The van der Waals surface area contributed by atoms with Crippen molar-refractivity contribution in [1.29, 1.82) is 0 Å². The van der Waals surface area contributed by atoms with Gasteiger partial charge in [0.1, 0.15) is 0 Å². The lowest BCUT2D eigenvalue weighted by Gasteiger charge is -2.30. The highest BCUT2D eigenvalue weighted by atomic mass is 35.5. The van der Waals surface area contributed by atoms with Gasteiger partial charge in [0.05, 0.1) is 8.67 Å². The summed E-state index contributed by atoms with van der Waals surface area (Å²) in [5.41, 5.74) is 1.16. The normalized spacial score (nSPS) is 26.9. The molecule has 0 amide bonds. The summed E-state index contributed by atoms with van der Waals surface area (Å²) in [5, 5.41) is 3.62. The Labute approximate surface area is 109 Å². The van der Waals surface area contributed by atoms with Gasteiger partial charge in [0, 0.05) is 29.2 Å². The van der Waals surface area contributed by atoms with Crippen molar-refractivity contribution in [3.63, 3.8) is 0 Å². The van der Waals surface area contributed by atoms with Crippen LogP contribution in [0.4, 0.5) is 0 Å². The van der Waals surface area contributed by atoms with Crippen LogP contribution in [0.15, 0.2) is 6.07 Å². The highest BCUT2D eigenvalue weighted by Gasteiger charge is 2.24. The van der Waals surface area contributed by atoms with Crippen LogP contribution in [0.3, 0.4) is 0 Å². The van der Waals surface area contributed by atoms with E-state index in [4.69, 9.17) is 23.2 Å². The maximum absolute atomic E-state index is 6.15. The molecule has 1 fully saturated rings. The number of rotatable bonds is 2. The molecule has 84 valence electrons. The predicted octanol–water partition coefficient (Wildman–Crippen LogP) is 4.21. The van der Waals surface area contributed by atoms with Gasteiger partial charge in [0.15, 0.2) is 0 Å². The van der Waals surface area contributed by atoms with Gasteiger partial charge in [-0.2, -0.15) is 11.8 Å². The monoisotopic (exact) mass is 281 g/mol. The van der Waals surface area contributed by atoms with Crippen LogP contribution in [0.5, 0.6) is 0 Å². The van der Waals surface area contributed by atoms with E-state index in [-0.39, 0.29) is 0 Å². The van der Waals surface area contributed by atoms with E-state index in [0.29, 0.717) is 12.1 Å². The van der Waals surface area contributed by atoms with Crippen molar-refractivity contribution in [1.82, 2.24) is 5.32 Å². The molecule has 2 heterocycles. The van der Waals surface area contributed by atoms with Crippen LogP contribution in [0, 0.1) is 0 Å². The summed E-state index contributed by atoms with van der Waals surface area (Å²) >= 11 is 15.6. The third-order valence-corrected chi connectivity index (χ3v) is 5.32. The molecule has 0 aromatic carbocycles. The van der Waals surface area contributed by atoms with E-state index >= 15 is 0 Å². The molecule has 0 aliphatic carbocycles. The lowest BCUT2D eigenvalue weighted by Crippen LogP contribution is -2.39. The number of halogens is 2. The summed E-state index contributed by atoms with van der Waals surface area (Å²) < 4.78 is 1.61. The van der Waals surface area contributed by atoms with E-state index < -0.39 is 0 Å². The van der Waals surface area contributed by atoms with Crippen molar-refractivity contribution in [2.45, 2.75) is 25.4 Å². The van der Waals surface area contributed by atoms with Crippen molar-refractivity contribution in [2.75, 3.05) is 11.5 Å². The largest absolute Gasteiger partial charge is 0.306 e. The van der Waals surface area contributed by atoms with Crippen LogP contribution in [0.1, 0.15) is 24.9 Å². The molecule has 5 heteroatoms. The quantitative estimate of drug-likeness (QED) is 0.872. The molecular formula is C10H13Cl2NS2. The molecule has 1 saturated heterocycles. The average Bonchev–Trinajstić information content (AvgIpc) is 2.58. The maximum Gasteiger partial charge on any atom is 0.0992 e. The molecule has 2 unspecified atom stereocenters. The Kier molecular flexibility index (Phi) is 4.24. The summed E-state index contributed by atoms with van der Waals surface area (Å²) in [6.45, 7) is 2.21. The van der Waals surface area contributed by atoms with Gasteiger partial charge in [0.25, 0.3) is 0 Å². The molecular weight excluding hydrogens is 269 g/mol.